The van der Waals surface area contributed by atoms with E-state index in [1.165, 1.54) is 6.42 Å². The normalized spacial score (nSPS) is 22.6. The quantitative estimate of drug-likeness (QED) is 0.845. The summed E-state index contributed by atoms with van der Waals surface area (Å²) in [4.78, 5) is 21.2. The van der Waals surface area contributed by atoms with E-state index in [1.807, 2.05) is 4.90 Å². The van der Waals surface area contributed by atoms with Gasteiger partial charge >= 0.3 is 5.91 Å². The smallest absolute Gasteiger partial charge is 0.309 e. The zero-order valence-electron chi connectivity index (χ0n) is 13.5. The molecule has 1 unspecified atom stereocenters. The van der Waals surface area contributed by atoms with Gasteiger partial charge in [-0.3, -0.25) is 9.69 Å². The molecule has 1 amide bonds. The van der Waals surface area contributed by atoms with Crippen LogP contribution in [0.15, 0.2) is 4.42 Å². The van der Waals surface area contributed by atoms with E-state index in [4.69, 9.17) is 9.15 Å². The Morgan fingerprint density at radius 3 is 3.09 bits per heavy atom. The highest BCUT2D eigenvalue weighted by atomic mass is 16.5. The Hall–Kier alpha value is -1.40. The van der Waals surface area contributed by atoms with Crippen LogP contribution in [0.4, 0.5) is 0 Å². The van der Waals surface area contributed by atoms with Gasteiger partial charge < -0.3 is 14.1 Å². The third-order valence-electron chi connectivity index (χ3n) is 4.55. The second-order valence-corrected chi connectivity index (χ2v) is 6.41. The molecule has 1 atom stereocenters. The number of fused-ring (bicyclic) bond motifs is 1. The molecule has 0 spiro atoms. The standard InChI is InChI=1S/C16H25N3O3/c1-12-4-3-6-19(10-12)16(20)15-17-13-11-18(8-9-21-2)7-5-14(13)22-15/h12H,3-11H2,1-2H3. The number of oxazole rings is 1. The van der Waals surface area contributed by atoms with Gasteiger partial charge in [0.2, 0.25) is 0 Å². The van der Waals surface area contributed by atoms with Gasteiger partial charge in [-0.15, -0.1) is 0 Å². The zero-order chi connectivity index (χ0) is 15.5. The van der Waals surface area contributed by atoms with Gasteiger partial charge in [-0.1, -0.05) is 6.92 Å². The molecule has 0 aromatic carbocycles. The summed E-state index contributed by atoms with van der Waals surface area (Å²) in [5.41, 5.74) is 0.913. The molecule has 6 nitrogen and oxygen atoms in total. The molecular weight excluding hydrogens is 282 g/mol. The number of hydrogen-bond donors (Lipinski definition) is 0. The summed E-state index contributed by atoms with van der Waals surface area (Å²) in [6.45, 7) is 7.09. The Balaban J connectivity index is 1.67. The number of piperidine rings is 1. The average Bonchev–Trinajstić information content (AvgIpc) is 2.95. The van der Waals surface area contributed by atoms with Crippen LogP contribution in [-0.4, -0.2) is 60.6 Å². The third kappa shape index (κ3) is 3.33. The molecule has 0 N–H and O–H groups in total. The minimum Gasteiger partial charge on any atom is -0.437 e. The number of likely N-dealkylation sites (tertiary alicyclic amines) is 1. The monoisotopic (exact) mass is 307 g/mol. The van der Waals surface area contributed by atoms with Crippen LogP contribution in [-0.2, 0) is 17.7 Å². The molecule has 2 aliphatic heterocycles. The molecule has 1 aromatic rings. The Labute approximate surface area is 131 Å². The van der Waals surface area contributed by atoms with Gasteiger partial charge in [0, 0.05) is 46.3 Å². The molecule has 22 heavy (non-hydrogen) atoms. The highest BCUT2D eigenvalue weighted by molar-refractivity contribution is 5.89. The third-order valence-corrected chi connectivity index (χ3v) is 4.55. The predicted octanol–water partition coefficient (Wildman–Crippen LogP) is 1.55. The van der Waals surface area contributed by atoms with Crippen LogP contribution in [0.3, 0.4) is 0 Å². The van der Waals surface area contributed by atoms with E-state index in [0.29, 0.717) is 12.5 Å². The highest BCUT2D eigenvalue weighted by Gasteiger charge is 2.29. The summed E-state index contributed by atoms with van der Waals surface area (Å²) < 4.78 is 10.9. The van der Waals surface area contributed by atoms with Crippen molar-refractivity contribution in [1.29, 1.82) is 0 Å². The minimum absolute atomic E-state index is 0.0515. The molecule has 1 aromatic heterocycles. The fourth-order valence-corrected chi connectivity index (χ4v) is 3.26. The van der Waals surface area contributed by atoms with Crippen molar-refractivity contribution in [3.05, 3.63) is 17.3 Å². The maximum Gasteiger partial charge on any atom is 0.309 e. The van der Waals surface area contributed by atoms with Crippen LogP contribution in [0.2, 0.25) is 0 Å². The maximum atomic E-state index is 12.6. The molecular formula is C16H25N3O3. The van der Waals surface area contributed by atoms with E-state index in [9.17, 15) is 4.79 Å². The zero-order valence-corrected chi connectivity index (χ0v) is 13.5. The largest absolute Gasteiger partial charge is 0.437 e. The first-order valence-electron chi connectivity index (χ1n) is 8.16. The van der Waals surface area contributed by atoms with Gasteiger partial charge in [0.05, 0.1) is 12.3 Å². The Morgan fingerprint density at radius 1 is 1.45 bits per heavy atom. The molecule has 0 aliphatic carbocycles. The molecule has 0 radical (unpaired) electrons. The van der Waals surface area contributed by atoms with Crippen molar-refractivity contribution in [3.63, 3.8) is 0 Å². The molecule has 1 fully saturated rings. The molecule has 2 aliphatic rings. The summed E-state index contributed by atoms with van der Waals surface area (Å²) in [6.07, 6.45) is 3.08. The molecule has 3 rings (SSSR count). The molecule has 0 saturated carbocycles. The predicted molar refractivity (Wildman–Crippen MR) is 81.7 cm³/mol. The van der Waals surface area contributed by atoms with E-state index in [1.54, 1.807) is 7.11 Å². The second kappa shape index (κ2) is 6.79. The van der Waals surface area contributed by atoms with E-state index in [0.717, 1.165) is 57.0 Å². The lowest BCUT2D eigenvalue weighted by atomic mass is 10.0. The summed E-state index contributed by atoms with van der Waals surface area (Å²) >= 11 is 0. The lowest BCUT2D eigenvalue weighted by Crippen LogP contribution is -2.39. The van der Waals surface area contributed by atoms with Gasteiger partial charge in [0.25, 0.3) is 5.89 Å². The Bertz CT molecular complexity index is 529. The summed E-state index contributed by atoms with van der Waals surface area (Å²) in [5, 5.41) is 0. The van der Waals surface area contributed by atoms with Crippen LogP contribution < -0.4 is 0 Å². The van der Waals surface area contributed by atoms with Crippen molar-refractivity contribution in [2.45, 2.75) is 32.7 Å². The summed E-state index contributed by atoms with van der Waals surface area (Å²) in [7, 11) is 1.71. The lowest BCUT2D eigenvalue weighted by Gasteiger charge is -2.29. The topological polar surface area (TPSA) is 58.8 Å². The van der Waals surface area contributed by atoms with Crippen molar-refractivity contribution >= 4 is 5.91 Å². The lowest BCUT2D eigenvalue weighted by molar-refractivity contribution is 0.0640. The molecule has 0 bridgehead atoms. The van der Waals surface area contributed by atoms with Crippen molar-refractivity contribution < 1.29 is 13.9 Å². The highest BCUT2D eigenvalue weighted by Crippen LogP contribution is 2.22. The fraction of sp³-hybridized carbons (Fsp3) is 0.750. The number of ether oxygens (including phenoxy) is 1. The molecule has 6 heteroatoms. The van der Waals surface area contributed by atoms with E-state index >= 15 is 0 Å². The van der Waals surface area contributed by atoms with Crippen LogP contribution >= 0.6 is 0 Å². The van der Waals surface area contributed by atoms with Crippen LogP contribution in [0.1, 0.15) is 41.9 Å². The number of hydrogen-bond acceptors (Lipinski definition) is 5. The summed E-state index contributed by atoms with van der Waals surface area (Å²) in [6, 6.07) is 0. The van der Waals surface area contributed by atoms with Gasteiger partial charge in [-0.2, -0.15) is 0 Å². The molecule has 3 heterocycles. The minimum atomic E-state index is -0.0515. The van der Waals surface area contributed by atoms with Crippen LogP contribution in [0, 0.1) is 5.92 Å². The second-order valence-electron chi connectivity index (χ2n) is 6.41. The van der Waals surface area contributed by atoms with E-state index in [-0.39, 0.29) is 11.8 Å². The fourth-order valence-electron chi connectivity index (χ4n) is 3.26. The van der Waals surface area contributed by atoms with Crippen LogP contribution in [0.25, 0.3) is 0 Å². The van der Waals surface area contributed by atoms with Crippen LogP contribution in [0.5, 0.6) is 0 Å². The van der Waals surface area contributed by atoms with E-state index < -0.39 is 0 Å². The summed E-state index contributed by atoms with van der Waals surface area (Å²) in [5.74, 6) is 1.66. The number of nitrogens with zero attached hydrogens (tertiary/aromatic N) is 3. The van der Waals surface area contributed by atoms with Gasteiger partial charge in [0.1, 0.15) is 5.76 Å². The first kappa shape index (κ1) is 15.5. The first-order valence-corrected chi connectivity index (χ1v) is 8.16. The molecule has 122 valence electrons. The number of methoxy groups -OCH3 is 1. The van der Waals surface area contributed by atoms with Crippen molar-refractivity contribution in [1.82, 2.24) is 14.8 Å². The number of aromatic nitrogens is 1. The van der Waals surface area contributed by atoms with Crippen molar-refractivity contribution in [2.24, 2.45) is 5.92 Å². The Morgan fingerprint density at radius 2 is 2.32 bits per heavy atom. The number of rotatable bonds is 4. The van der Waals surface area contributed by atoms with Crippen molar-refractivity contribution in [2.75, 3.05) is 39.9 Å². The average molecular weight is 307 g/mol. The first-order chi connectivity index (χ1) is 10.7. The van der Waals surface area contributed by atoms with Crippen molar-refractivity contribution in [3.8, 4) is 0 Å². The Kier molecular flexibility index (Phi) is 4.78. The molecule has 1 saturated heterocycles. The van der Waals surface area contributed by atoms with Gasteiger partial charge in [-0.25, -0.2) is 4.98 Å². The maximum absolute atomic E-state index is 12.6. The SMILES string of the molecule is COCCN1CCc2oc(C(=O)N3CCCC(C)C3)nc2C1. The number of amides is 1. The number of carbonyl (C=O) groups is 1. The van der Waals surface area contributed by atoms with E-state index in [2.05, 4.69) is 16.8 Å². The van der Waals surface area contributed by atoms with Gasteiger partial charge in [0.15, 0.2) is 0 Å². The number of carbonyl (C=O) groups excluding carboxylic acids is 1. The van der Waals surface area contributed by atoms with Gasteiger partial charge in [-0.05, 0) is 18.8 Å².